The van der Waals surface area contributed by atoms with Gasteiger partial charge in [-0.1, -0.05) is 42.5 Å². The second-order valence-corrected chi connectivity index (χ2v) is 7.94. The summed E-state index contributed by atoms with van der Waals surface area (Å²) in [4.78, 5) is 28.5. The maximum absolute atomic E-state index is 12.3. The van der Waals surface area contributed by atoms with Crippen molar-refractivity contribution >= 4 is 11.9 Å². The van der Waals surface area contributed by atoms with E-state index in [4.69, 9.17) is 4.74 Å². The molecule has 4 aromatic rings. The van der Waals surface area contributed by atoms with Crippen LogP contribution in [0.4, 0.5) is 0 Å². The number of aromatic nitrogens is 5. The van der Waals surface area contributed by atoms with Crippen LogP contribution in [-0.4, -0.2) is 43.0 Å². The van der Waals surface area contributed by atoms with Gasteiger partial charge in [0.15, 0.2) is 6.61 Å². The fourth-order valence-electron chi connectivity index (χ4n) is 3.60. The van der Waals surface area contributed by atoms with E-state index in [9.17, 15) is 9.59 Å². The number of esters is 1. The molecule has 9 nitrogen and oxygen atoms in total. The van der Waals surface area contributed by atoms with Gasteiger partial charge in [0.05, 0.1) is 24.3 Å². The third-order valence-corrected chi connectivity index (χ3v) is 5.50. The largest absolute Gasteiger partial charge is 0.452 e. The van der Waals surface area contributed by atoms with Crippen molar-refractivity contribution in [2.45, 2.75) is 33.5 Å². The second-order valence-electron chi connectivity index (χ2n) is 7.94. The second kappa shape index (κ2) is 10.6. The molecule has 0 aliphatic heterocycles. The molecular formula is C25H26N6O3. The normalized spacial score (nSPS) is 10.8. The van der Waals surface area contributed by atoms with Crippen LogP contribution in [0.25, 0.3) is 0 Å². The molecule has 1 amide bonds. The maximum Gasteiger partial charge on any atom is 0.338 e. The van der Waals surface area contributed by atoms with Crippen molar-refractivity contribution in [1.82, 2.24) is 29.9 Å². The lowest BCUT2D eigenvalue weighted by Gasteiger charge is -2.08. The first-order valence-corrected chi connectivity index (χ1v) is 10.9. The Morgan fingerprint density at radius 3 is 2.41 bits per heavy atom. The zero-order valence-electron chi connectivity index (χ0n) is 19.1. The molecule has 9 heteroatoms. The van der Waals surface area contributed by atoms with E-state index < -0.39 is 5.97 Å². The highest BCUT2D eigenvalue weighted by atomic mass is 16.5. The number of rotatable bonds is 9. The number of carbonyl (C=O) groups is 2. The molecule has 0 unspecified atom stereocenters. The minimum Gasteiger partial charge on any atom is -0.452 e. The van der Waals surface area contributed by atoms with Crippen LogP contribution in [-0.2, 0) is 29.2 Å². The Morgan fingerprint density at radius 2 is 1.71 bits per heavy atom. The van der Waals surface area contributed by atoms with Crippen LogP contribution >= 0.6 is 0 Å². The molecule has 2 aromatic carbocycles. The van der Waals surface area contributed by atoms with E-state index in [1.54, 1.807) is 23.1 Å². The molecule has 174 valence electrons. The topological polar surface area (TPSA) is 104 Å². The molecule has 34 heavy (non-hydrogen) atoms. The highest BCUT2D eigenvalue weighted by Crippen LogP contribution is 2.15. The first-order chi connectivity index (χ1) is 16.5. The van der Waals surface area contributed by atoms with Crippen molar-refractivity contribution in [2.75, 3.05) is 6.61 Å². The predicted molar refractivity (Wildman–Crippen MR) is 125 cm³/mol. The van der Waals surface area contributed by atoms with Crippen molar-refractivity contribution in [3.05, 3.63) is 101 Å². The molecule has 4 rings (SSSR count). The van der Waals surface area contributed by atoms with Gasteiger partial charge in [-0.25, -0.2) is 14.5 Å². The van der Waals surface area contributed by atoms with Gasteiger partial charge in [0.1, 0.15) is 12.7 Å². The summed E-state index contributed by atoms with van der Waals surface area (Å²) >= 11 is 0. The summed E-state index contributed by atoms with van der Waals surface area (Å²) in [6.07, 6.45) is 3.09. The summed E-state index contributed by atoms with van der Waals surface area (Å²) in [6, 6.07) is 17.0. The number of nitrogens with one attached hydrogen (secondary N) is 1. The van der Waals surface area contributed by atoms with Crippen molar-refractivity contribution in [3.8, 4) is 0 Å². The molecule has 2 aromatic heterocycles. The number of aryl methyl sites for hydroxylation is 1. The molecule has 0 atom stereocenters. The Bertz CT molecular complexity index is 1250. The van der Waals surface area contributed by atoms with Crippen LogP contribution in [0, 0.1) is 13.8 Å². The smallest absolute Gasteiger partial charge is 0.338 e. The average Bonchev–Trinajstić information content (AvgIpc) is 3.45. The van der Waals surface area contributed by atoms with Crippen LogP contribution in [0.1, 0.15) is 38.4 Å². The Labute approximate surface area is 197 Å². The minimum absolute atomic E-state index is 0.319. The van der Waals surface area contributed by atoms with Crippen LogP contribution in [0.2, 0.25) is 0 Å². The first-order valence-electron chi connectivity index (χ1n) is 10.9. The number of hydrogen-bond acceptors (Lipinski definition) is 6. The number of hydrogen-bond donors (Lipinski definition) is 1. The van der Waals surface area contributed by atoms with Gasteiger partial charge in [-0.3, -0.25) is 9.48 Å². The van der Waals surface area contributed by atoms with Crippen molar-refractivity contribution in [1.29, 1.82) is 0 Å². The van der Waals surface area contributed by atoms with E-state index >= 15 is 0 Å². The summed E-state index contributed by atoms with van der Waals surface area (Å²) in [6.45, 7) is 5.09. The molecule has 0 aliphatic rings. The molecule has 0 aliphatic carbocycles. The minimum atomic E-state index is -0.550. The lowest BCUT2D eigenvalue weighted by Crippen LogP contribution is -2.28. The van der Waals surface area contributed by atoms with Crippen LogP contribution < -0.4 is 5.32 Å². The van der Waals surface area contributed by atoms with Gasteiger partial charge < -0.3 is 10.1 Å². The molecular weight excluding hydrogens is 432 g/mol. The predicted octanol–water partition coefficient (Wildman–Crippen LogP) is 2.66. The molecule has 0 bridgehead atoms. The van der Waals surface area contributed by atoms with Gasteiger partial charge in [0.25, 0.3) is 5.91 Å². The Morgan fingerprint density at radius 1 is 0.971 bits per heavy atom. The van der Waals surface area contributed by atoms with Gasteiger partial charge in [0, 0.05) is 17.8 Å². The molecule has 0 radical (unpaired) electrons. The van der Waals surface area contributed by atoms with Crippen molar-refractivity contribution in [2.24, 2.45) is 0 Å². The van der Waals surface area contributed by atoms with Crippen LogP contribution in [0.3, 0.4) is 0 Å². The molecule has 0 spiro atoms. The summed E-state index contributed by atoms with van der Waals surface area (Å²) in [5, 5.41) is 11.5. The van der Waals surface area contributed by atoms with Gasteiger partial charge in [0.2, 0.25) is 0 Å². The number of amides is 1. The molecule has 0 saturated heterocycles. The summed E-state index contributed by atoms with van der Waals surface area (Å²) in [5.41, 5.74) is 5.31. The van der Waals surface area contributed by atoms with Crippen molar-refractivity contribution in [3.63, 3.8) is 0 Å². The zero-order chi connectivity index (χ0) is 23.9. The van der Waals surface area contributed by atoms with Crippen LogP contribution in [0.15, 0.2) is 67.3 Å². The molecule has 0 fully saturated rings. The quantitative estimate of drug-likeness (QED) is 0.387. The van der Waals surface area contributed by atoms with Gasteiger partial charge >= 0.3 is 5.97 Å². The summed E-state index contributed by atoms with van der Waals surface area (Å²) in [5.74, 6) is -0.920. The van der Waals surface area contributed by atoms with E-state index in [2.05, 4.69) is 32.6 Å². The molecule has 2 heterocycles. The van der Waals surface area contributed by atoms with Gasteiger partial charge in [-0.15, -0.1) is 0 Å². The number of carbonyl (C=O) groups excluding carboxylic acids is 2. The zero-order valence-corrected chi connectivity index (χ0v) is 19.1. The average molecular weight is 459 g/mol. The highest BCUT2D eigenvalue weighted by Gasteiger charge is 2.14. The number of nitrogens with zero attached hydrogens (tertiary/aromatic N) is 5. The fourth-order valence-corrected chi connectivity index (χ4v) is 3.60. The van der Waals surface area contributed by atoms with E-state index in [-0.39, 0.29) is 12.5 Å². The number of benzene rings is 2. The SMILES string of the molecule is Cc1nn(Cc2ccccc2)c(C)c1CNC(=O)COC(=O)c1ccc(Cn2cncn2)cc1. The Kier molecular flexibility index (Phi) is 7.12. The van der Waals surface area contributed by atoms with Crippen molar-refractivity contribution < 1.29 is 14.3 Å². The first kappa shape index (κ1) is 22.9. The Hall–Kier alpha value is -4.27. The summed E-state index contributed by atoms with van der Waals surface area (Å²) < 4.78 is 8.79. The third kappa shape index (κ3) is 5.74. The monoisotopic (exact) mass is 458 g/mol. The Balaban J connectivity index is 1.26. The lowest BCUT2D eigenvalue weighted by atomic mass is 10.1. The third-order valence-electron chi connectivity index (χ3n) is 5.50. The highest BCUT2D eigenvalue weighted by molar-refractivity contribution is 5.91. The van der Waals surface area contributed by atoms with E-state index in [1.165, 1.54) is 6.33 Å². The van der Waals surface area contributed by atoms with E-state index in [0.29, 0.717) is 25.2 Å². The van der Waals surface area contributed by atoms with E-state index in [1.807, 2.05) is 48.9 Å². The molecule has 1 N–H and O–H groups in total. The standard InChI is InChI=1S/C25H26N6O3/c1-18-23(19(2)31(29-18)14-20-6-4-3-5-7-20)12-27-24(32)15-34-25(33)22-10-8-21(9-11-22)13-30-17-26-16-28-30/h3-11,16-17H,12-15H2,1-2H3,(H,27,32). The lowest BCUT2D eigenvalue weighted by molar-refractivity contribution is -0.124. The maximum atomic E-state index is 12.3. The van der Waals surface area contributed by atoms with Gasteiger partial charge in [-0.2, -0.15) is 10.2 Å². The van der Waals surface area contributed by atoms with Gasteiger partial charge in [-0.05, 0) is 37.1 Å². The van der Waals surface area contributed by atoms with E-state index in [0.717, 1.165) is 28.1 Å². The molecule has 0 saturated carbocycles. The fraction of sp³-hybridized carbons (Fsp3) is 0.240. The van der Waals surface area contributed by atoms with Crippen LogP contribution in [0.5, 0.6) is 0 Å². The summed E-state index contributed by atoms with van der Waals surface area (Å²) in [7, 11) is 0. The number of ether oxygens (including phenoxy) is 1.